The molecule has 15 heteroatoms. The number of hydrogen-bond acceptors (Lipinski definition) is 9. The number of fused-ring (bicyclic) bond motifs is 1. The van der Waals surface area contributed by atoms with Crippen LogP contribution in [0.25, 0.3) is 5.69 Å². The molecule has 1 aromatic carbocycles. The first-order valence-corrected chi connectivity index (χ1v) is 15.5. The van der Waals surface area contributed by atoms with E-state index in [2.05, 4.69) is 20.8 Å². The summed E-state index contributed by atoms with van der Waals surface area (Å²) in [4.78, 5) is 39.7. The van der Waals surface area contributed by atoms with Crippen molar-refractivity contribution >= 4 is 45.9 Å². The summed E-state index contributed by atoms with van der Waals surface area (Å²) in [6.45, 7) is 3.33. The third-order valence-electron chi connectivity index (χ3n) is 6.82. The second-order valence-electron chi connectivity index (χ2n) is 9.83. The second-order valence-corrected chi connectivity index (χ2v) is 12.2. The third-order valence-corrected chi connectivity index (χ3v) is 9.07. The van der Waals surface area contributed by atoms with Gasteiger partial charge in [-0.3, -0.25) is 14.2 Å². The topological polar surface area (TPSA) is 128 Å². The summed E-state index contributed by atoms with van der Waals surface area (Å²) in [7, 11) is 0. The maximum absolute atomic E-state index is 13.6. The van der Waals surface area contributed by atoms with E-state index in [-0.39, 0.29) is 35.6 Å². The van der Waals surface area contributed by atoms with Crippen molar-refractivity contribution in [1.82, 2.24) is 20.1 Å². The second kappa shape index (κ2) is 13.3. The van der Waals surface area contributed by atoms with Crippen molar-refractivity contribution in [2.45, 2.75) is 62.7 Å². The number of benzene rings is 1. The largest absolute Gasteiger partial charge is 0.462 e. The highest BCUT2D eigenvalue weighted by molar-refractivity contribution is 8.00. The van der Waals surface area contributed by atoms with Gasteiger partial charge in [0, 0.05) is 4.88 Å². The molecule has 0 fully saturated rings. The van der Waals surface area contributed by atoms with Crippen molar-refractivity contribution in [1.29, 1.82) is 0 Å². The number of furan rings is 1. The Balaban J connectivity index is 1.41. The van der Waals surface area contributed by atoms with E-state index in [1.54, 1.807) is 19.9 Å². The number of carbonyl (C=O) groups is 3. The number of rotatable bonds is 10. The molecule has 2 N–H and O–H groups in total. The maximum Gasteiger partial charge on any atom is 0.416 e. The summed E-state index contributed by atoms with van der Waals surface area (Å²) in [5.74, 6) is -1.30. The van der Waals surface area contributed by atoms with Crippen molar-refractivity contribution in [3.8, 4) is 5.69 Å². The van der Waals surface area contributed by atoms with Gasteiger partial charge in [0.1, 0.15) is 5.00 Å². The molecule has 5 rings (SSSR count). The summed E-state index contributed by atoms with van der Waals surface area (Å²) >= 11 is 2.33. The van der Waals surface area contributed by atoms with Gasteiger partial charge in [0.2, 0.25) is 5.91 Å². The first kappa shape index (κ1) is 31.3. The van der Waals surface area contributed by atoms with Crippen molar-refractivity contribution in [2.75, 3.05) is 11.9 Å². The molecule has 0 radical (unpaired) electrons. The predicted octanol–water partition coefficient (Wildman–Crippen LogP) is 6.05. The lowest BCUT2D eigenvalue weighted by atomic mass is 9.95. The van der Waals surface area contributed by atoms with Crippen molar-refractivity contribution in [2.24, 2.45) is 0 Å². The van der Waals surface area contributed by atoms with Gasteiger partial charge in [-0.25, -0.2) is 4.79 Å². The van der Waals surface area contributed by atoms with Crippen LogP contribution < -0.4 is 10.6 Å². The van der Waals surface area contributed by atoms with E-state index in [1.165, 1.54) is 40.4 Å². The minimum Gasteiger partial charge on any atom is -0.462 e. The van der Waals surface area contributed by atoms with Crippen LogP contribution in [-0.4, -0.2) is 44.4 Å². The van der Waals surface area contributed by atoms with Gasteiger partial charge in [-0.05, 0) is 75.4 Å². The number of aromatic nitrogens is 3. The zero-order valence-corrected chi connectivity index (χ0v) is 25.3. The van der Waals surface area contributed by atoms with E-state index >= 15 is 0 Å². The average Bonchev–Trinajstić information content (AvgIpc) is 3.74. The predicted molar refractivity (Wildman–Crippen MR) is 157 cm³/mol. The van der Waals surface area contributed by atoms with Gasteiger partial charge in [0.15, 0.2) is 16.7 Å². The molecule has 1 atom stereocenters. The maximum atomic E-state index is 13.6. The lowest BCUT2D eigenvalue weighted by Crippen LogP contribution is -2.25. The van der Waals surface area contributed by atoms with Crippen LogP contribution in [0.5, 0.6) is 0 Å². The number of nitrogens with zero attached hydrogens (tertiary/aromatic N) is 3. The van der Waals surface area contributed by atoms with E-state index in [0.29, 0.717) is 10.6 Å². The number of thiophene rings is 1. The summed E-state index contributed by atoms with van der Waals surface area (Å²) in [5, 5.41) is 13.5. The number of alkyl halides is 3. The van der Waals surface area contributed by atoms with Gasteiger partial charge < -0.3 is 19.8 Å². The van der Waals surface area contributed by atoms with E-state index in [4.69, 9.17) is 9.15 Å². The number of thioether (sulfide) groups is 1. The minimum absolute atomic E-state index is 0.0486. The first-order chi connectivity index (χ1) is 21.1. The highest BCUT2D eigenvalue weighted by Crippen LogP contribution is 2.39. The van der Waals surface area contributed by atoms with Gasteiger partial charge in [-0.2, -0.15) is 13.2 Å². The van der Waals surface area contributed by atoms with E-state index in [1.807, 2.05) is 0 Å². The number of hydrogen-bond donors (Lipinski definition) is 2. The zero-order valence-electron chi connectivity index (χ0n) is 23.7. The Kier molecular flexibility index (Phi) is 9.44. The zero-order chi connectivity index (χ0) is 31.4. The van der Waals surface area contributed by atoms with Gasteiger partial charge in [-0.1, -0.05) is 17.8 Å². The van der Waals surface area contributed by atoms with E-state index in [9.17, 15) is 27.6 Å². The molecular formula is C29H28F3N5O5S2. The van der Waals surface area contributed by atoms with Crippen molar-refractivity contribution < 1.29 is 36.7 Å². The number of halogens is 3. The lowest BCUT2D eigenvalue weighted by molar-refractivity contribution is -0.137. The fourth-order valence-electron chi connectivity index (χ4n) is 4.72. The molecule has 2 amide bonds. The average molecular weight is 648 g/mol. The fourth-order valence-corrected chi connectivity index (χ4v) is 6.89. The number of esters is 1. The van der Waals surface area contributed by atoms with Gasteiger partial charge in [0.25, 0.3) is 5.91 Å². The SMILES string of the molecule is CCOC(=O)c1c(NC(=O)[C@@H](C)Sc2nnc(CNC(=O)c3ccco3)n2-c2cccc(C(F)(F)F)c2)sc2c1CCCC2. The lowest BCUT2D eigenvalue weighted by Gasteiger charge is -2.15. The summed E-state index contributed by atoms with van der Waals surface area (Å²) < 4.78 is 52.4. The van der Waals surface area contributed by atoms with Crippen LogP contribution in [-0.2, 0) is 35.1 Å². The van der Waals surface area contributed by atoms with E-state index in [0.717, 1.165) is 60.0 Å². The smallest absolute Gasteiger partial charge is 0.416 e. The van der Waals surface area contributed by atoms with Crippen LogP contribution in [0.2, 0.25) is 0 Å². The van der Waals surface area contributed by atoms with Gasteiger partial charge in [0.05, 0.1) is 41.5 Å². The molecule has 3 heterocycles. The Morgan fingerprint density at radius 2 is 1.95 bits per heavy atom. The van der Waals surface area contributed by atoms with Crippen LogP contribution in [0.1, 0.15) is 69.4 Å². The molecule has 10 nitrogen and oxygen atoms in total. The molecule has 0 bridgehead atoms. The van der Waals surface area contributed by atoms with Crippen LogP contribution in [0.3, 0.4) is 0 Å². The molecule has 1 aliphatic rings. The number of aryl methyl sites for hydroxylation is 1. The molecule has 0 saturated heterocycles. The molecule has 0 unspecified atom stereocenters. The molecule has 0 spiro atoms. The Bertz CT molecular complexity index is 1670. The Morgan fingerprint density at radius 1 is 1.16 bits per heavy atom. The van der Waals surface area contributed by atoms with Gasteiger partial charge in [-0.15, -0.1) is 21.5 Å². The Morgan fingerprint density at radius 3 is 2.68 bits per heavy atom. The number of nitrogens with one attached hydrogen (secondary N) is 2. The summed E-state index contributed by atoms with van der Waals surface area (Å²) in [5.41, 5.74) is 0.488. The summed E-state index contributed by atoms with van der Waals surface area (Å²) in [6.07, 6.45) is 0.193. The molecule has 232 valence electrons. The Labute approximate surface area is 258 Å². The number of anilines is 1. The highest BCUT2D eigenvalue weighted by atomic mass is 32.2. The number of amides is 2. The number of ether oxygens (including phenoxy) is 1. The standard InChI is InChI=1S/C29H28F3N5O5S2/c1-3-41-27(40)23-19-10-4-5-12-21(19)44-26(23)34-24(38)16(2)43-28-36-35-22(15-33-25(39)20-11-7-13-42-20)37(28)18-9-6-8-17(14-18)29(30,31)32/h6-9,11,13-14,16H,3-5,10,12,15H2,1-2H3,(H,33,39)(H,34,38)/t16-/m1/s1. The molecule has 3 aromatic heterocycles. The van der Waals surface area contributed by atoms with Crippen molar-refractivity contribution in [3.05, 3.63) is 75.8 Å². The van der Waals surface area contributed by atoms with E-state index < -0.39 is 34.8 Å². The highest BCUT2D eigenvalue weighted by Gasteiger charge is 2.32. The molecular weight excluding hydrogens is 619 g/mol. The molecule has 44 heavy (non-hydrogen) atoms. The first-order valence-electron chi connectivity index (χ1n) is 13.8. The quantitative estimate of drug-likeness (QED) is 0.157. The monoisotopic (exact) mass is 647 g/mol. The summed E-state index contributed by atoms with van der Waals surface area (Å²) in [6, 6.07) is 7.60. The van der Waals surface area contributed by atoms with Gasteiger partial charge >= 0.3 is 12.1 Å². The van der Waals surface area contributed by atoms with Crippen LogP contribution in [0, 0.1) is 0 Å². The number of carbonyl (C=O) groups excluding carboxylic acids is 3. The van der Waals surface area contributed by atoms with Crippen molar-refractivity contribution in [3.63, 3.8) is 0 Å². The molecule has 0 aliphatic heterocycles. The molecule has 4 aromatic rings. The van der Waals surface area contributed by atoms with Crippen LogP contribution in [0.15, 0.2) is 52.2 Å². The normalized spacial score (nSPS) is 13.7. The Hall–Kier alpha value is -4.11. The minimum atomic E-state index is -4.60. The van der Waals surface area contributed by atoms with Crippen LogP contribution in [0.4, 0.5) is 18.2 Å². The fraction of sp³-hybridized carbons (Fsp3) is 0.345. The third kappa shape index (κ3) is 6.83. The molecule has 0 saturated carbocycles. The molecule has 1 aliphatic carbocycles. The van der Waals surface area contributed by atoms with Crippen LogP contribution >= 0.6 is 23.1 Å².